The van der Waals surface area contributed by atoms with Gasteiger partial charge in [-0.1, -0.05) is 30.0 Å². The van der Waals surface area contributed by atoms with Gasteiger partial charge in [-0.2, -0.15) is 0 Å². The van der Waals surface area contributed by atoms with Gasteiger partial charge in [0, 0.05) is 16.4 Å². The van der Waals surface area contributed by atoms with Crippen LogP contribution in [0.1, 0.15) is 11.5 Å². The Bertz CT molecular complexity index is 518. The summed E-state index contributed by atoms with van der Waals surface area (Å²) < 4.78 is 17.4. The van der Waals surface area contributed by atoms with E-state index >= 15 is 0 Å². The molecule has 0 saturated heterocycles. The molecule has 1 atom stereocenters. The Morgan fingerprint density at radius 2 is 2.00 bits per heavy atom. The van der Waals surface area contributed by atoms with Gasteiger partial charge in [-0.15, -0.1) is 0 Å². The standard InChI is InChI=1S/C13H15NO2S2/c1-10-11(2)16-13(14-10)17-8-9-18(15)12-6-4-3-5-7-12/h3-7H,8-9H2,1-2H3/t18-/m0/s1. The number of rotatable bonds is 5. The van der Waals surface area contributed by atoms with Crippen molar-refractivity contribution in [1.82, 2.24) is 4.98 Å². The molecule has 2 rings (SSSR count). The van der Waals surface area contributed by atoms with Crippen molar-refractivity contribution in [2.24, 2.45) is 0 Å². The summed E-state index contributed by atoms with van der Waals surface area (Å²) in [7, 11) is -0.946. The van der Waals surface area contributed by atoms with Gasteiger partial charge in [0.05, 0.1) is 16.5 Å². The molecule has 1 aromatic heterocycles. The van der Waals surface area contributed by atoms with Crippen LogP contribution in [0.2, 0.25) is 0 Å². The quantitative estimate of drug-likeness (QED) is 0.789. The number of hydrogen-bond acceptors (Lipinski definition) is 4. The number of oxazole rings is 1. The molecule has 0 spiro atoms. The monoisotopic (exact) mass is 281 g/mol. The Balaban J connectivity index is 1.84. The van der Waals surface area contributed by atoms with Crippen LogP contribution in [0.5, 0.6) is 0 Å². The van der Waals surface area contributed by atoms with Crippen LogP contribution in [0, 0.1) is 13.8 Å². The van der Waals surface area contributed by atoms with Crippen LogP contribution in [0.3, 0.4) is 0 Å². The Morgan fingerprint density at radius 1 is 1.28 bits per heavy atom. The Morgan fingerprint density at radius 3 is 2.61 bits per heavy atom. The fraction of sp³-hybridized carbons (Fsp3) is 0.308. The van der Waals surface area contributed by atoms with Crippen molar-refractivity contribution in [3.05, 3.63) is 41.8 Å². The van der Waals surface area contributed by atoms with E-state index < -0.39 is 10.8 Å². The maximum atomic E-state index is 12.0. The summed E-state index contributed by atoms with van der Waals surface area (Å²) in [5.41, 5.74) is 0.918. The van der Waals surface area contributed by atoms with E-state index in [2.05, 4.69) is 4.98 Å². The first-order valence-electron chi connectivity index (χ1n) is 5.67. The molecule has 1 aromatic carbocycles. The Labute approximate surface area is 113 Å². The molecule has 0 radical (unpaired) electrons. The maximum Gasteiger partial charge on any atom is 0.256 e. The first-order valence-corrected chi connectivity index (χ1v) is 7.97. The van der Waals surface area contributed by atoms with E-state index in [1.807, 2.05) is 44.2 Å². The largest absolute Gasteiger partial charge is 0.437 e. The number of nitrogens with zero attached hydrogens (tertiary/aromatic N) is 1. The lowest BCUT2D eigenvalue weighted by Gasteiger charge is -2.00. The smallest absolute Gasteiger partial charge is 0.256 e. The topological polar surface area (TPSA) is 43.1 Å². The average Bonchev–Trinajstić information content (AvgIpc) is 2.69. The molecule has 96 valence electrons. The minimum absolute atomic E-state index is 0.606. The predicted molar refractivity (Wildman–Crippen MR) is 74.4 cm³/mol. The molecule has 0 amide bonds. The van der Waals surface area contributed by atoms with Crippen molar-refractivity contribution in [1.29, 1.82) is 0 Å². The fourth-order valence-electron chi connectivity index (χ4n) is 1.40. The first kappa shape index (κ1) is 13.4. The Hall–Kier alpha value is -1.07. The molecule has 0 aliphatic heterocycles. The van der Waals surface area contributed by atoms with Crippen LogP contribution in [0.25, 0.3) is 0 Å². The molecule has 1 heterocycles. The lowest BCUT2D eigenvalue weighted by atomic mass is 10.4. The molecule has 5 heteroatoms. The van der Waals surface area contributed by atoms with Crippen molar-refractivity contribution in [2.75, 3.05) is 11.5 Å². The molecule has 0 bridgehead atoms. The highest BCUT2D eigenvalue weighted by molar-refractivity contribution is 8.00. The average molecular weight is 281 g/mol. The van der Waals surface area contributed by atoms with Crippen molar-refractivity contribution < 1.29 is 8.63 Å². The zero-order chi connectivity index (χ0) is 13.0. The van der Waals surface area contributed by atoms with Crippen molar-refractivity contribution in [3.8, 4) is 0 Å². The lowest BCUT2D eigenvalue weighted by Crippen LogP contribution is -2.00. The molecule has 0 fully saturated rings. The number of benzene rings is 1. The number of aromatic nitrogens is 1. The van der Waals surface area contributed by atoms with E-state index in [1.165, 1.54) is 11.8 Å². The van der Waals surface area contributed by atoms with Gasteiger partial charge in [-0.05, 0) is 26.0 Å². The van der Waals surface area contributed by atoms with Gasteiger partial charge < -0.3 is 4.42 Å². The Kier molecular flexibility index (Phi) is 4.60. The van der Waals surface area contributed by atoms with Gasteiger partial charge >= 0.3 is 0 Å². The first-order chi connectivity index (χ1) is 8.66. The third-order valence-corrected chi connectivity index (χ3v) is 4.97. The second kappa shape index (κ2) is 6.20. The maximum absolute atomic E-state index is 12.0. The summed E-state index contributed by atoms with van der Waals surface area (Å²) in [5, 5.41) is 0.662. The third-order valence-electron chi connectivity index (χ3n) is 2.51. The van der Waals surface area contributed by atoms with E-state index in [1.54, 1.807) is 0 Å². The number of hydrogen-bond donors (Lipinski definition) is 0. The molecular weight excluding hydrogens is 266 g/mol. The summed E-state index contributed by atoms with van der Waals surface area (Å²) >= 11 is 1.51. The van der Waals surface area contributed by atoms with Crippen LogP contribution >= 0.6 is 11.8 Å². The summed E-state index contributed by atoms with van der Waals surface area (Å²) in [5.74, 6) is 2.19. The highest BCUT2D eigenvalue weighted by Crippen LogP contribution is 2.20. The van der Waals surface area contributed by atoms with Crippen LogP contribution in [-0.4, -0.2) is 20.7 Å². The highest BCUT2D eigenvalue weighted by atomic mass is 32.2. The van der Waals surface area contributed by atoms with Gasteiger partial charge in [0.15, 0.2) is 0 Å². The molecular formula is C13H15NO2S2. The highest BCUT2D eigenvalue weighted by Gasteiger charge is 2.08. The van der Waals surface area contributed by atoms with Gasteiger partial charge in [-0.3, -0.25) is 4.21 Å². The normalized spacial score (nSPS) is 12.6. The van der Waals surface area contributed by atoms with Crippen molar-refractivity contribution in [3.63, 3.8) is 0 Å². The molecule has 0 aliphatic rings. The zero-order valence-corrected chi connectivity index (χ0v) is 12.0. The van der Waals surface area contributed by atoms with Crippen LogP contribution in [0.15, 0.2) is 44.9 Å². The van der Waals surface area contributed by atoms with Crippen molar-refractivity contribution in [2.45, 2.75) is 24.0 Å². The molecule has 0 aliphatic carbocycles. The summed E-state index contributed by atoms with van der Waals surface area (Å²) in [6.45, 7) is 3.82. The van der Waals surface area contributed by atoms with Crippen LogP contribution < -0.4 is 0 Å². The van der Waals surface area contributed by atoms with Gasteiger partial charge in [0.25, 0.3) is 5.22 Å². The molecule has 3 nitrogen and oxygen atoms in total. The summed E-state index contributed by atoms with van der Waals surface area (Å²) in [6.07, 6.45) is 0. The van der Waals surface area contributed by atoms with E-state index in [0.717, 1.165) is 22.1 Å². The minimum atomic E-state index is -0.946. The predicted octanol–water partition coefficient (Wildman–Crippen LogP) is 3.19. The van der Waals surface area contributed by atoms with E-state index in [9.17, 15) is 4.21 Å². The minimum Gasteiger partial charge on any atom is -0.437 e. The second-order valence-electron chi connectivity index (χ2n) is 3.83. The number of aryl methyl sites for hydroxylation is 2. The number of thioether (sulfide) groups is 1. The van der Waals surface area contributed by atoms with E-state index in [-0.39, 0.29) is 0 Å². The molecule has 0 N–H and O–H groups in total. The van der Waals surface area contributed by atoms with Gasteiger partial charge in [0.1, 0.15) is 5.76 Å². The van der Waals surface area contributed by atoms with Crippen LogP contribution in [-0.2, 0) is 10.8 Å². The summed E-state index contributed by atoms with van der Waals surface area (Å²) in [6, 6.07) is 9.51. The third kappa shape index (κ3) is 3.46. The van der Waals surface area contributed by atoms with E-state index in [4.69, 9.17) is 4.42 Å². The molecule has 18 heavy (non-hydrogen) atoms. The second-order valence-corrected chi connectivity index (χ2v) is 6.45. The van der Waals surface area contributed by atoms with Gasteiger partial charge in [0.2, 0.25) is 0 Å². The lowest BCUT2D eigenvalue weighted by molar-refractivity contribution is 0.431. The SMILES string of the molecule is Cc1nc(SCC[S@](=O)c2ccccc2)oc1C. The van der Waals surface area contributed by atoms with Crippen LogP contribution in [0.4, 0.5) is 0 Å². The van der Waals surface area contributed by atoms with Crippen molar-refractivity contribution >= 4 is 22.6 Å². The zero-order valence-electron chi connectivity index (χ0n) is 10.4. The molecule has 0 saturated carbocycles. The molecule has 2 aromatic rings. The summed E-state index contributed by atoms with van der Waals surface area (Å²) in [4.78, 5) is 5.15. The van der Waals surface area contributed by atoms with Gasteiger partial charge in [-0.25, -0.2) is 4.98 Å². The van der Waals surface area contributed by atoms with E-state index in [0.29, 0.717) is 11.0 Å². The fourth-order valence-corrected chi connectivity index (χ4v) is 3.60. The molecule has 0 unspecified atom stereocenters.